The number of hydrogen-bond donors (Lipinski definition) is 0. The molecule has 4 amide bonds. The molecule has 0 fully saturated rings. The van der Waals surface area contributed by atoms with Crippen molar-refractivity contribution in [2.45, 2.75) is 79.1 Å². The van der Waals surface area contributed by atoms with E-state index in [9.17, 15) is 19.2 Å². The van der Waals surface area contributed by atoms with E-state index in [2.05, 4.69) is 0 Å². The minimum Gasteiger partial charge on any atom is -0.229 e. The van der Waals surface area contributed by atoms with Crippen LogP contribution in [0.25, 0.3) is 0 Å². The summed E-state index contributed by atoms with van der Waals surface area (Å²) in [6.45, 7) is 7.19. The molecule has 0 aliphatic carbocycles. The Morgan fingerprint density at radius 3 is 0.857 bits per heavy atom. The van der Waals surface area contributed by atoms with E-state index in [1.165, 1.54) is 0 Å². The lowest BCUT2D eigenvalue weighted by molar-refractivity contribution is -0.629. The van der Waals surface area contributed by atoms with Crippen molar-refractivity contribution in [3.8, 4) is 0 Å². The third kappa shape index (κ3) is 4.30. The Balaban J connectivity index is 5.93. The van der Waals surface area contributed by atoms with Crippen molar-refractivity contribution < 1.29 is 23.7 Å². The fraction of sp³-hybridized carbons (Fsp3) is 0.750. The quantitative estimate of drug-likeness (QED) is 0.646. The van der Waals surface area contributed by atoms with Gasteiger partial charge in [0.15, 0.2) is 0 Å². The summed E-state index contributed by atoms with van der Waals surface area (Å²) in [5.74, 6) is -2.25. The average Bonchev–Trinajstić information content (AvgIpc) is 2.40. The molecule has 0 rings (SSSR count). The zero-order valence-electron chi connectivity index (χ0n) is 13.7. The number of carbonyl (C=O) groups excluding carboxylic acids is 4. The SMILES string of the molecule is CCCC(=O)[N+](C(=O)CCC)(C(=O)CCC)C(=O)CCC. The average molecular weight is 298 g/mol. The summed E-state index contributed by atoms with van der Waals surface area (Å²) in [6.07, 6.45) is 2.32. The van der Waals surface area contributed by atoms with E-state index in [1.807, 2.05) is 0 Å². The van der Waals surface area contributed by atoms with Crippen molar-refractivity contribution in [3.05, 3.63) is 0 Å². The molecule has 0 aliphatic rings. The first-order valence-electron chi connectivity index (χ1n) is 7.95. The third-order valence-corrected chi connectivity index (χ3v) is 3.35. The summed E-state index contributed by atoms with van der Waals surface area (Å²) in [5, 5.41) is 0. The number of hydrogen-bond acceptors (Lipinski definition) is 4. The summed E-state index contributed by atoms with van der Waals surface area (Å²) in [4.78, 5) is 50.1. The normalized spacial score (nSPS) is 11.2. The highest BCUT2D eigenvalue weighted by atomic mass is 16.2. The van der Waals surface area contributed by atoms with Gasteiger partial charge in [-0.05, 0) is 25.7 Å². The van der Waals surface area contributed by atoms with Gasteiger partial charge in [0, 0.05) is 0 Å². The molecule has 0 aromatic rings. The fourth-order valence-corrected chi connectivity index (χ4v) is 2.36. The summed E-state index contributed by atoms with van der Waals surface area (Å²) in [7, 11) is 0. The lowest BCUT2D eigenvalue weighted by Crippen LogP contribution is -2.64. The van der Waals surface area contributed by atoms with Gasteiger partial charge in [0.1, 0.15) is 0 Å². The van der Waals surface area contributed by atoms with E-state index in [-0.39, 0.29) is 25.7 Å². The van der Waals surface area contributed by atoms with Crippen LogP contribution in [-0.2, 0) is 19.2 Å². The zero-order chi connectivity index (χ0) is 16.5. The maximum absolute atomic E-state index is 12.5. The molecule has 0 atom stereocenters. The Labute approximate surface area is 127 Å². The van der Waals surface area contributed by atoms with Crippen molar-refractivity contribution in [1.82, 2.24) is 0 Å². The van der Waals surface area contributed by atoms with Crippen LogP contribution in [-0.4, -0.2) is 28.1 Å². The van der Waals surface area contributed by atoms with E-state index >= 15 is 0 Å². The number of quaternary nitrogens is 1. The monoisotopic (exact) mass is 298 g/mol. The van der Waals surface area contributed by atoms with Gasteiger partial charge in [-0.15, -0.1) is 0 Å². The zero-order valence-corrected chi connectivity index (χ0v) is 13.7. The Hall–Kier alpha value is -1.36. The van der Waals surface area contributed by atoms with Crippen LogP contribution in [0.5, 0.6) is 0 Å². The second-order valence-corrected chi connectivity index (χ2v) is 5.25. The predicted molar refractivity (Wildman–Crippen MR) is 79.9 cm³/mol. The van der Waals surface area contributed by atoms with E-state index in [1.54, 1.807) is 27.7 Å². The maximum atomic E-state index is 12.5. The van der Waals surface area contributed by atoms with Gasteiger partial charge in [-0.1, -0.05) is 32.2 Å². The highest BCUT2D eigenvalue weighted by Gasteiger charge is 2.55. The number of carbonyl (C=O) groups is 4. The van der Waals surface area contributed by atoms with Gasteiger partial charge in [0.2, 0.25) is 0 Å². The van der Waals surface area contributed by atoms with Crippen LogP contribution in [0.15, 0.2) is 0 Å². The van der Waals surface area contributed by atoms with E-state index < -0.39 is 28.1 Å². The molecule has 120 valence electrons. The predicted octanol–water partition coefficient (Wildman–Crippen LogP) is 3.11. The van der Waals surface area contributed by atoms with Crippen LogP contribution in [0.2, 0.25) is 0 Å². The molecule has 0 spiro atoms. The molecule has 0 saturated carbocycles. The molecule has 21 heavy (non-hydrogen) atoms. The molecular formula is C16H28NO4+. The van der Waals surface area contributed by atoms with Gasteiger partial charge in [-0.2, -0.15) is 0 Å². The molecule has 0 saturated heterocycles. The molecule has 0 N–H and O–H groups in total. The number of imide groups is 6. The van der Waals surface area contributed by atoms with Crippen molar-refractivity contribution in [2.24, 2.45) is 0 Å². The number of nitrogens with zero attached hydrogens (tertiary/aromatic N) is 1. The summed E-state index contributed by atoms with van der Waals surface area (Å²) in [5.41, 5.74) is 0. The Morgan fingerprint density at radius 2 is 0.714 bits per heavy atom. The first kappa shape index (κ1) is 19.6. The first-order chi connectivity index (χ1) is 9.93. The molecule has 5 nitrogen and oxygen atoms in total. The van der Waals surface area contributed by atoms with Crippen LogP contribution >= 0.6 is 0 Å². The summed E-state index contributed by atoms with van der Waals surface area (Å²) < 4.78 is -1.19. The molecule has 0 aromatic heterocycles. The minimum absolute atomic E-state index is 0.0698. The minimum atomic E-state index is -1.19. The molecule has 0 aromatic carbocycles. The third-order valence-electron chi connectivity index (χ3n) is 3.35. The van der Waals surface area contributed by atoms with Crippen LogP contribution in [0, 0.1) is 0 Å². The van der Waals surface area contributed by atoms with E-state index in [4.69, 9.17) is 0 Å². The largest absolute Gasteiger partial charge is 0.336 e. The smallest absolute Gasteiger partial charge is 0.229 e. The second kappa shape index (κ2) is 9.55. The summed E-state index contributed by atoms with van der Waals surface area (Å²) >= 11 is 0. The molecular weight excluding hydrogens is 270 g/mol. The highest BCUT2D eigenvalue weighted by Crippen LogP contribution is 2.22. The van der Waals surface area contributed by atoms with Crippen molar-refractivity contribution in [3.63, 3.8) is 0 Å². The summed E-state index contributed by atoms with van der Waals surface area (Å²) in [6, 6.07) is 0. The lowest BCUT2D eigenvalue weighted by Gasteiger charge is -2.28. The maximum Gasteiger partial charge on any atom is 0.336 e. The van der Waals surface area contributed by atoms with Gasteiger partial charge < -0.3 is 0 Å². The van der Waals surface area contributed by atoms with Gasteiger partial charge in [0.05, 0.1) is 25.7 Å². The Morgan fingerprint density at radius 1 is 0.524 bits per heavy atom. The van der Waals surface area contributed by atoms with Gasteiger partial charge in [0.25, 0.3) is 0 Å². The topological polar surface area (TPSA) is 68.3 Å². The molecule has 0 heterocycles. The molecule has 0 aliphatic heterocycles. The lowest BCUT2D eigenvalue weighted by atomic mass is 10.1. The van der Waals surface area contributed by atoms with Crippen molar-refractivity contribution in [1.29, 1.82) is 0 Å². The van der Waals surface area contributed by atoms with Gasteiger partial charge >= 0.3 is 23.6 Å². The standard InChI is InChI=1S/C16H28NO4/c1-5-9-13(18)17(14(19)10-6-2,15(20)11-7-3)16(21)12-8-4/h5-12H2,1-4H3/q+1. The van der Waals surface area contributed by atoms with Crippen LogP contribution in [0.1, 0.15) is 79.1 Å². The molecule has 5 heteroatoms. The van der Waals surface area contributed by atoms with Crippen molar-refractivity contribution in [2.75, 3.05) is 0 Å². The van der Waals surface area contributed by atoms with Crippen LogP contribution in [0.3, 0.4) is 0 Å². The molecule has 0 unspecified atom stereocenters. The molecule has 0 bridgehead atoms. The first-order valence-corrected chi connectivity index (χ1v) is 7.95. The molecule has 0 radical (unpaired) electrons. The van der Waals surface area contributed by atoms with E-state index in [0.717, 1.165) is 0 Å². The van der Waals surface area contributed by atoms with Crippen LogP contribution < -0.4 is 0 Å². The highest BCUT2D eigenvalue weighted by molar-refractivity contribution is 6.09. The van der Waals surface area contributed by atoms with Crippen molar-refractivity contribution >= 4 is 23.6 Å². The Bertz CT molecular complexity index is 324. The number of rotatable bonds is 8. The van der Waals surface area contributed by atoms with E-state index in [0.29, 0.717) is 25.7 Å². The van der Waals surface area contributed by atoms with Gasteiger partial charge in [-0.3, -0.25) is 0 Å². The fourth-order valence-electron chi connectivity index (χ4n) is 2.36. The number of amides is 4. The van der Waals surface area contributed by atoms with Crippen LogP contribution in [0.4, 0.5) is 0 Å². The van der Waals surface area contributed by atoms with Gasteiger partial charge in [-0.25, -0.2) is 19.2 Å². The Kier molecular flexibility index (Phi) is 8.93. The second-order valence-electron chi connectivity index (χ2n) is 5.25.